The van der Waals surface area contributed by atoms with Gasteiger partial charge in [0.2, 0.25) is 0 Å². The SMILES string of the molecule is Cc1ccnc2c1nc(CCl)n2C(C)C1CCCO1. The number of hydrogen-bond acceptors (Lipinski definition) is 3. The Balaban J connectivity index is 2.12. The average molecular weight is 280 g/mol. The van der Waals surface area contributed by atoms with E-state index >= 15 is 0 Å². The molecular formula is C14H18ClN3O. The Hall–Kier alpha value is -1.13. The number of hydrogen-bond donors (Lipinski definition) is 0. The first-order chi connectivity index (χ1) is 9.22. The number of nitrogens with zero attached hydrogens (tertiary/aromatic N) is 3. The van der Waals surface area contributed by atoms with Gasteiger partial charge in [-0.15, -0.1) is 11.6 Å². The lowest BCUT2D eigenvalue weighted by molar-refractivity contribution is 0.0736. The van der Waals surface area contributed by atoms with E-state index < -0.39 is 0 Å². The normalized spacial score (nSPS) is 21.1. The van der Waals surface area contributed by atoms with Crippen LogP contribution in [0.1, 0.15) is 37.2 Å². The molecule has 2 unspecified atom stereocenters. The lowest BCUT2D eigenvalue weighted by atomic mass is 10.1. The lowest BCUT2D eigenvalue weighted by Crippen LogP contribution is -2.22. The zero-order valence-electron chi connectivity index (χ0n) is 11.3. The summed E-state index contributed by atoms with van der Waals surface area (Å²) < 4.78 is 7.94. The van der Waals surface area contributed by atoms with Crippen molar-refractivity contribution in [1.29, 1.82) is 0 Å². The molecule has 0 amide bonds. The highest BCUT2D eigenvalue weighted by molar-refractivity contribution is 6.16. The molecule has 0 N–H and O–H groups in total. The van der Waals surface area contributed by atoms with E-state index in [0.717, 1.165) is 42.0 Å². The van der Waals surface area contributed by atoms with Crippen molar-refractivity contribution < 1.29 is 4.74 Å². The second-order valence-electron chi connectivity index (χ2n) is 5.12. The lowest BCUT2D eigenvalue weighted by Gasteiger charge is -2.22. The predicted octanol–water partition coefficient (Wildman–Crippen LogP) is 3.22. The first-order valence-corrected chi connectivity index (χ1v) is 7.26. The Bertz CT molecular complexity index is 590. The number of halogens is 1. The van der Waals surface area contributed by atoms with E-state index in [-0.39, 0.29) is 12.1 Å². The summed E-state index contributed by atoms with van der Waals surface area (Å²) in [5.41, 5.74) is 3.00. The highest BCUT2D eigenvalue weighted by atomic mass is 35.5. The molecule has 5 heteroatoms. The maximum atomic E-state index is 6.05. The van der Waals surface area contributed by atoms with Crippen molar-refractivity contribution in [3.05, 3.63) is 23.7 Å². The number of pyridine rings is 1. The minimum atomic E-state index is 0.218. The predicted molar refractivity (Wildman–Crippen MR) is 75.5 cm³/mol. The summed E-state index contributed by atoms with van der Waals surface area (Å²) in [6, 6.07) is 2.20. The molecule has 4 nitrogen and oxygen atoms in total. The van der Waals surface area contributed by atoms with Gasteiger partial charge in [0.15, 0.2) is 5.65 Å². The number of aromatic nitrogens is 3. The van der Waals surface area contributed by atoms with Crippen LogP contribution in [0.3, 0.4) is 0 Å². The molecule has 19 heavy (non-hydrogen) atoms. The summed E-state index contributed by atoms with van der Waals surface area (Å²) >= 11 is 6.05. The van der Waals surface area contributed by atoms with Crippen LogP contribution in [0.2, 0.25) is 0 Å². The largest absolute Gasteiger partial charge is 0.376 e. The van der Waals surface area contributed by atoms with Gasteiger partial charge in [-0.25, -0.2) is 9.97 Å². The van der Waals surface area contributed by atoms with E-state index in [1.165, 1.54) is 0 Å². The molecule has 1 aliphatic rings. The first-order valence-electron chi connectivity index (χ1n) is 6.72. The monoisotopic (exact) mass is 279 g/mol. The molecule has 2 atom stereocenters. The van der Waals surface area contributed by atoms with Crippen LogP contribution in [-0.2, 0) is 10.6 Å². The van der Waals surface area contributed by atoms with Crippen LogP contribution >= 0.6 is 11.6 Å². The summed E-state index contributed by atoms with van der Waals surface area (Å²) in [5, 5.41) is 0. The number of fused-ring (bicyclic) bond motifs is 1. The molecule has 3 rings (SSSR count). The van der Waals surface area contributed by atoms with E-state index in [4.69, 9.17) is 16.3 Å². The molecule has 2 aromatic rings. The molecular weight excluding hydrogens is 262 g/mol. The molecule has 0 aliphatic carbocycles. The quantitative estimate of drug-likeness (QED) is 0.810. The van der Waals surface area contributed by atoms with E-state index in [2.05, 4.69) is 28.4 Å². The highest BCUT2D eigenvalue weighted by Crippen LogP contribution is 2.29. The third kappa shape index (κ3) is 2.13. The number of aryl methyl sites for hydroxylation is 1. The fraction of sp³-hybridized carbons (Fsp3) is 0.571. The smallest absolute Gasteiger partial charge is 0.160 e. The third-order valence-corrected chi connectivity index (χ3v) is 4.12. The number of ether oxygens (including phenoxy) is 1. The average Bonchev–Trinajstić information content (AvgIpc) is 3.05. The van der Waals surface area contributed by atoms with Crippen molar-refractivity contribution in [2.24, 2.45) is 0 Å². The maximum Gasteiger partial charge on any atom is 0.160 e. The van der Waals surface area contributed by atoms with Gasteiger partial charge >= 0.3 is 0 Å². The molecule has 1 aliphatic heterocycles. The minimum absolute atomic E-state index is 0.218. The maximum absolute atomic E-state index is 6.05. The van der Waals surface area contributed by atoms with Crippen LogP contribution < -0.4 is 0 Å². The van der Waals surface area contributed by atoms with Gasteiger partial charge in [-0.2, -0.15) is 0 Å². The van der Waals surface area contributed by atoms with Gasteiger partial charge in [0.25, 0.3) is 0 Å². The van der Waals surface area contributed by atoms with Gasteiger partial charge in [0, 0.05) is 12.8 Å². The van der Waals surface area contributed by atoms with E-state index in [1.54, 1.807) is 0 Å². The van der Waals surface area contributed by atoms with Crippen LogP contribution in [0.5, 0.6) is 0 Å². The highest BCUT2D eigenvalue weighted by Gasteiger charge is 2.27. The van der Waals surface area contributed by atoms with Gasteiger partial charge in [-0.05, 0) is 38.3 Å². The Kier molecular flexibility index (Phi) is 3.46. The fourth-order valence-electron chi connectivity index (χ4n) is 2.83. The molecule has 1 fully saturated rings. The van der Waals surface area contributed by atoms with Gasteiger partial charge in [0.05, 0.1) is 18.0 Å². The number of alkyl halides is 1. The van der Waals surface area contributed by atoms with Crippen molar-refractivity contribution in [3.63, 3.8) is 0 Å². The Morgan fingerprint density at radius 1 is 1.58 bits per heavy atom. The van der Waals surface area contributed by atoms with Crippen LogP contribution in [0.25, 0.3) is 11.2 Å². The molecule has 102 valence electrons. The van der Waals surface area contributed by atoms with Crippen molar-refractivity contribution in [2.45, 2.75) is 44.7 Å². The standard InChI is InChI=1S/C14H18ClN3O/c1-9-5-6-16-14-13(9)17-12(8-15)18(14)10(2)11-4-3-7-19-11/h5-6,10-11H,3-4,7-8H2,1-2H3. The zero-order chi connectivity index (χ0) is 13.4. The van der Waals surface area contributed by atoms with Crippen LogP contribution in [0.15, 0.2) is 12.3 Å². The third-order valence-electron chi connectivity index (χ3n) is 3.88. The first kappa shape index (κ1) is 12.9. The molecule has 0 radical (unpaired) electrons. The van der Waals surface area contributed by atoms with Gasteiger partial charge in [0.1, 0.15) is 11.3 Å². The molecule has 1 saturated heterocycles. The van der Waals surface area contributed by atoms with Crippen LogP contribution in [0.4, 0.5) is 0 Å². The molecule has 0 saturated carbocycles. The van der Waals surface area contributed by atoms with Crippen LogP contribution in [0, 0.1) is 6.92 Å². The fourth-order valence-corrected chi connectivity index (χ4v) is 3.02. The van der Waals surface area contributed by atoms with E-state index in [0.29, 0.717) is 5.88 Å². The van der Waals surface area contributed by atoms with Crippen molar-refractivity contribution in [3.8, 4) is 0 Å². The Labute approximate surface area is 117 Å². The molecule has 2 aromatic heterocycles. The summed E-state index contributed by atoms with van der Waals surface area (Å²) in [6.07, 6.45) is 4.29. The number of imidazole rings is 1. The minimum Gasteiger partial charge on any atom is -0.376 e. The summed E-state index contributed by atoms with van der Waals surface area (Å²) in [7, 11) is 0. The molecule has 3 heterocycles. The molecule has 0 spiro atoms. The number of rotatable bonds is 3. The van der Waals surface area contributed by atoms with Gasteiger partial charge in [-0.1, -0.05) is 0 Å². The van der Waals surface area contributed by atoms with Crippen molar-refractivity contribution in [1.82, 2.24) is 14.5 Å². The Morgan fingerprint density at radius 3 is 3.11 bits per heavy atom. The van der Waals surface area contributed by atoms with Crippen molar-refractivity contribution >= 4 is 22.8 Å². The van der Waals surface area contributed by atoms with Crippen LogP contribution in [-0.4, -0.2) is 27.2 Å². The van der Waals surface area contributed by atoms with E-state index in [9.17, 15) is 0 Å². The summed E-state index contributed by atoms with van der Waals surface area (Å²) in [6.45, 7) is 5.07. The molecule has 0 aromatic carbocycles. The van der Waals surface area contributed by atoms with Gasteiger partial charge < -0.3 is 9.30 Å². The topological polar surface area (TPSA) is 39.9 Å². The zero-order valence-corrected chi connectivity index (χ0v) is 12.0. The summed E-state index contributed by atoms with van der Waals surface area (Å²) in [5.74, 6) is 1.27. The summed E-state index contributed by atoms with van der Waals surface area (Å²) in [4.78, 5) is 9.13. The van der Waals surface area contributed by atoms with Gasteiger partial charge in [-0.3, -0.25) is 0 Å². The second-order valence-corrected chi connectivity index (χ2v) is 5.39. The molecule has 0 bridgehead atoms. The second kappa shape index (κ2) is 5.10. The Morgan fingerprint density at radius 2 is 2.42 bits per heavy atom. The van der Waals surface area contributed by atoms with Crippen molar-refractivity contribution in [2.75, 3.05) is 6.61 Å². The van der Waals surface area contributed by atoms with E-state index in [1.807, 2.05) is 12.3 Å².